The summed E-state index contributed by atoms with van der Waals surface area (Å²) >= 11 is 0. The molecule has 0 aromatic heterocycles. The molecule has 0 amide bonds. The molecule has 0 saturated carbocycles. The zero-order valence-electron chi connectivity index (χ0n) is 16.3. The Bertz CT molecular complexity index is 1120. The third-order valence-electron chi connectivity index (χ3n) is 5.99. The zero-order chi connectivity index (χ0) is 20.6. The fourth-order valence-corrected chi connectivity index (χ4v) is 10.3. The quantitative estimate of drug-likeness (QED) is 0.494. The second-order valence-electron chi connectivity index (χ2n) is 7.60. The van der Waals surface area contributed by atoms with E-state index in [1.807, 2.05) is 60.7 Å². The molecule has 1 aliphatic heterocycles. The Labute approximate surface area is 175 Å². The summed E-state index contributed by atoms with van der Waals surface area (Å²) in [6.07, 6.45) is 0.625. The van der Waals surface area contributed by atoms with Crippen molar-refractivity contribution in [2.24, 2.45) is 0 Å². The average Bonchev–Trinajstić information content (AvgIpc) is 3.18. The van der Waals surface area contributed by atoms with Crippen LogP contribution >= 0.6 is 6.83 Å². The van der Waals surface area contributed by atoms with E-state index in [1.165, 1.54) is 0 Å². The molecule has 1 heterocycles. The van der Waals surface area contributed by atoms with Gasteiger partial charge in [-0.15, -0.1) is 0 Å². The molecule has 1 aliphatic rings. The van der Waals surface area contributed by atoms with Gasteiger partial charge in [-0.25, -0.2) is 0 Å². The molecule has 0 unspecified atom stereocenters. The van der Waals surface area contributed by atoms with Gasteiger partial charge in [-0.3, -0.25) is 0 Å². The maximum absolute atomic E-state index is 11.6. The molecule has 0 spiro atoms. The van der Waals surface area contributed by atoms with E-state index in [0.717, 1.165) is 27.2 Å². The van der Waals surface area contributed by atoms with Crippen molar-refractivity contribution >= 4 is 28.7 Å². The number of fused-ring (bicyclic) bond motifs is 1. The van der Waals surface area contributed by atoms with E-state index in [0.29, 0.717) is 6.16 Å². The molecule has 0 radical (unpaired) electrons. The van der Waals surface area contributed by atoms with E-state index in [-0.39, 0.29) is 5.56 Å². The molecule has 0 bridgehead atoms. The summed E-state index contributed by atoms with van der Waals surface area (Å²) in [7, 11) is 0. The van der Waals surface area contributed by atoms with Gasteiger partial charge >= 0.3 is 175 Å². The van der Waals surface area contributed by atoms with E-state index in [4.69, 9.17) is 4.52 Å². The first kappa shape index (κ1) is 18.6. The molecule has 0 saturated heterocycles. The van der Waals surface area contributed by atoms with Gasteiger partial charge in [-0.2, -0.15) is 0 Å². The van der Waals surface area contributed by atoms with Gasteiger partial charge in [-0.05, 0) is 0 Å². The van der Waals surface area contributed by atoms with Crippen molar-refractivity contribution in [3.8, 4) is 5.75 Å². The van der Waals surface area contributed by atoms with Crippen LogP contribution in [0.1, 0.15) is 15.9 Å². The van der Waals surface area contributed by atoms with Crippen molar-refractivity contribution in [1.29, 1.82) is 0 Å². The topological polar surface area (TPSA) is 46.5 Å². The second-order valence-corrected chi connectivity index (χ2v) is 12.1. The van der Waals surface area contributed by atoms with Crippen LogP contribution in [-0.4, -0.2) is 11.1 Å². The summed E-state index contributed by atoms with van der Waals surface area (Å²) in [5.74, 6) is -0.168. The van der Waals surface area contributed by atoms with Gasteiger partial charge in [-0.1, -0.05) is 0 Å². The molecule has 0 atom stereocenters. The van der Waals surface area contributed by atoms with E-state index in [2.05, 4.69) is 36.4 Å². The summed E-state index contributed by atoms with van der Waals surface area (Å²) in [4.78, 5) is 11.6. The standard InChI is InChI=1S/C26H21O3P/c27-26(28)20-16-17-25-21(18-20)19-30(29-25,22-10-4-1-5-11-22,23-12-6-2-7-13-23)24-14-8-3-9-15-24/h1-18H,19H2,(H,27,28). The first-order valence-electron chi connectivity index (χ1n) is 9.88. The number of hydrogen-bond acceptors (Lipinski definition) is 2. The van der Waals surface area contributed by atoms with E-state index >= 15 is 0 Å². The Morgan fingerprint density at radius 2 is 1.17 bits per heavy atom. The van der Waals surface area contributed by atoms with Crippen molar-refractivity contribution < 1.29 is 14.4 Å². The number of hydrogen-bond donors (Lipinski definition) is 1. The third-order valence-corrected chi connectivity index (χ3v) is 11.7. The number of benzene rings is 4. The number of aromatic carboxylic acids is 1. The summed E-state index contributed by atoms with van der Waals surface area (Å²) in [6.45, 7) is -3.38. The molecule has 4 aromatic rings. The summed E-state index contributed by atoms with van der Waals surface area (Å²) in [5.41, 5.74) is 1.22. The normalized spacial score (nSPS) is 17.1. The van der Waals surface area contributed by atoms with Crippen LogP contribution in [0.4, 0.5) is 0 Å². The number of carbonyl (C=O) groups is 1. The van der Waals surface area contributed by atoms with Crippen molar-refractivity contribution in [3.63, 3.8) is 0 Å². The molecule has 148 valence electrons. The molecule has 1 N–H and O–H groups in total. The fourth-order valence-electron chi connectivity index (χ4n) is 4.61. The van der Waals surface area contributed by atoms with E-state index in [1.54, 1.807) is 12.1 Å². The Kier molecular flexibility index (Phi) is 4.23. The van der Waals surface area contributed by atoms with Crippen molar-refractivity contribution in [3.05, 3.63) is 120 Å². The maximum atomic E-state index is 11.6. The van der Waals surface area contributed by atoms with Crippen LogP contribution in [0.2, 0.25) is 0 Å². The van der Waals surface area contributed by atoms with Crippen molar-refractivity contribution in [2.75, 3.05) is 0 Å². The summed E-state index contributed by atoms with van der Waals surface area (Å²) in [6, 6.07) is 36.4. The van der Waals surface area contributed by atoms with E-state index < -0.39 is 12.8 Å². The Hall–Kier alpha value is -3.42. The summed E-state index contributed by atoms with van der Waals surface area (Å²) in [5, 5.41) is 12.9. The van der Waals surface area contributed by atoms with E-state index in [9.17, 15) is 9.90 Å². The van der Waals surface area contributed by atoms with Crippen LogP contribution in [-0.2, 0) is 6.16 Å². The van der Waals surface area contributed by atoms with Gasteiger partial charge in [0.1, 0.15) is 0 Å². The Balaban J connectivity index is 1.89. The van der Waals surface area contributed by atoms with Crippen LogP contribution in [0.15, 0.2) is 109 Å². The fraction of sp³-hybridized carbons (Fsp3) is 0.0385. The van der Waals surface area contributed by atoms with Gasteiger partial charge in [0, 0.05) is 0 Å². The van der Waals surface area contributed by atoms with Crippen LogP contribution in [0.25, 0.3) is 0 Å². The summed E-state index contributed by atoms with van der Waals surface area (Å²) < 4.78 is 7.11. The second kappa shape index (κ2) is 6.83. The molecule has 0 aliphatic carbocycles. The van der Waals surface area contributed by atoms with Crippen LogP contribution < -0.4 is 20.4 Å². The predicted molar refractivity (Wildman–Crippen MR) is 123 cm³/mol. The van der Waals surface area contributed by atoms with Crippen LogP contribution in [0.5, 0.6) is 5.75 Å². The van der Waals surface area contributed by atoms with Crippen molar-refractivity contribution in [1.82, 2.24) is 0 Å². The number of rotatable bonds is 4. The predicted octanol–water partition coefficient (Wildman–Crippen LogP) is 4.72. The molecular weight excluding hydrogens is 391 g/mol. The van der Waals surface area contributed by atoms with Gasteiger partial charge in [0.15, 0.2) is 0 Å². The molecule has 3 nitrogen and oxygen atoms in total. The Morgan fingerprint density at radius 1 is 0.700 bits per heavy atom. The first-order chi connectivity index (χ1) is 14.6. The van der Waals surface area contributed by atoms with Gasteiger partial charge < -0.3 is 0 Å². The van der Waals surface area contributed by atoms with Gasteiger partial charge in [0.05, 0.1) is 0 Å². The van der Waals surface area contributed by atoms with Crippen LogP contribution in [0, 0.1) is 0 Å². The average molecular weight is 412 g/mol. The number of carboxylic acids is 1. The monoisotopic (exact) mass is 412 g/mol. The van der Waals surface area contributed by atoms with Gasteiger partial charge in [0.2, 0.25) is 0 Å². The molecule has 5 rings (SSSR count). The third kappa shape index (κ3) is 2.52. The minimum absolute atomic E-state index is 0.282. The SMILES string of the molecule is O=C(O)c1ccc2c(c1)CP(c1ccccc1)(c1ccccc1)(c1ccccc1)O2. The minimum atomic E-state index is -3.38. The molecule has 4 aromatic carbocycles. The molecule has 30 heavy (non-hydrogen) atoms. The van der Waals surface area contributed by atoms with Gasteiger partial charge in [0.25, 0.3) is 0 Å². The zero-order valence-corrected chi connectivity index (χ0v) is 17.2. The van der Waals surface area contributed by atoms with Crippen LogP contribution in [0.3, 0.4) is 0 Å². The molecule has 4 heteroatoms. The first-order valence-corrected chi connectivity index (χ1v) is 12.2. The Morgan fingerprint density at radius 3 is 1.60 bits per heavy atom. The molecule has 0 fully saturated rings. The van der Waals surface area contributed by atoms with Crippen molar-refractivity contribution in [2.45, 2.75) is 6.16 Å². The molecular formula is C26H21O3P. The number of carboxylic acid groups (broad SMARTS) is 1.